The van der Waals surface area contributed by atoms with Gasteiger partial charge in [0, 0.05) is 18.3 Å². The van der Waals surface area contributed by atoms with Crippen LogP contribution in [0.2, 0.25) is 0 Å². The summed E-state index contributed by atoms with van der Waals surface area (Å²) in [5, 5.41) is 11.0. The Labute approximate surface area is 137 Å². The van der Waals surface area contributed by atoms with E-state index in [0.717, 1.165) is 36.3 Å². The first kappa shape index (κ1) is 15.7. The largest absolute Gasteiger partial charge is 0.351 e. The Morgan fingerprint density at radius 2 is 2.17 bits per heavy atom. The first-order valence-corrected chi connectivity index (χ1v) is 8.30. The maximum absolute atomic E-state index is 12.2. The lowest BCUT2D eigenvalue weighted by Gasteiger charge is -2.11. The van der Waals surface area contributed by atoms with Crippen LogP contribution in [0.3, 0.4) is 0 Å². The quantitative estimate of drug-likeness (QED) is 0.891. The number of aromatic nitrogens is 2. The van der Waals surface area contributed by atoms with Crippen LogP contribution in [0.1, 0.15) is 43.9 Å². The van der Waals surface area contributed by atoms with Crippen LogP contribution in [0.4, 0.5) is 0 Å². The normalized spacial score (nSPS) is 17.6. The summed E-state index contributed by atoms with van der Waals surface area (Å²) in [4.78, 5) is 12.2. The highest BCUT2D eigenvalue weighted by Gasteiger charge is 2.22. The second-order valence-electron chi connectivity index (χ2n) is 6.34. The van der Waals surface area contributed by atoms with E-state index in [0.29, 0.717) is 12.5 Å². The number of hydrogen-bond donors (Lipinski definition) is 2. The SMILES string of the molecule is CC(C)c1nn(-c2ccccc2)cc1CNC(=O)C1CCCN1. The van der Waals surface area contributed by atoms with E-state index in [1.165, 1.54) is 0 Å². The molecule has 2 N–H and O–H groups in total. The maximum atomic E-state index is 12.2. The second kappa shape index (κ2) is 6.96. The highest BCUT2D eigenvalue weighted by atomic mass is 16.2. The summed E-state index contributed by atoms with van der Waals surface area (Å²) >= 11 is 0. The first-order valence-electron chi connectivity index (χ1n) is 8.30. The average Bonchev–Trinajstić information content (AvgIpc) is 3.23. The molecule has 0 spiro atoms. The van der Waals surface area contributed by atoms with E-state index in [1.54, 1.807) is 0 Å². The average molecular weight is 312 g/mol. The van der Waals surface area contributed by atoms with E-state index >= 15 is 0 Å². The number of rotatable bonds is 5. The molecule has 1 aromatic carbocycles. The summed E-state index contributed by atoms with van der Waals surface area (Å²) < 4.78 is 1.89. The van der Waals surface area contributed by atoms with Crippen molar-refractivity contribution in [1.82, 2.24) is 20.4 Å². The van der Waals surface area contributed by atoms with Gasteiger partial charge in [0.2, 0.25) is 5.91 Å². The van der Waals surface area contributed by atoms with Gasteiger partial charge < -0.3 is 10.6 Å². The number of nitrogens with zero attached hydrogens (tertiary/aromatic N) is 2. The number of carbonyl (C=O) groups excluding carboxylic acids is 1. The Bertz CT molecular complexity index is 657. The Kier molecular flexibility index (Phi) is 4.76. The summed E-state index contributed by atoms with van der Waals surface area (Å²) in [6.45, 7) is 5.71. The molecule has 1 aliphatic rings. The fourth-order valence-electron chi connectivity index (χ4n) is 2.97. The molecule has 5 nitrogen and oxygen atoms in total. The zero-order valence-corrected chi connectivity index (χ0v) is 13.7. The fourth-order valence-corrected chi connectivity index (χ4v) is 2.97. The van der Waals surface area contributed by atoms with E-state index in [2.05, 4.69) is 24.5 Å². The molecule has 0 radical (unpaired) electrons. The molecule has 1 aliphatic heterocycles. The van der Waals surface area contributed by atoms with Gasteiger partial charge in [-0.05, 0) is 37.4 Å². The smallest absolute Gasteiger partial charge is 0.237 e. The number of carbonyl (C=O) groups is 1. The zero-order valence-electron chi connectivity index (χ0n) is 13.7. The molecule has 122 valence electrons. The summed E-state index contributed by atoms with van der Waals surface area (Å²) in [5.41, 5.74) is 3.15. The van der Waals surface area contributed by atoms with E-state index in [9.17, 15) is 4.79 Å². The minimum atomic E-state index is -0.0401. The molecule has 23 heavy (non-hydrogen) atoms. The first-order chi connectivity index (χ1) is 11.1. The van der Waals surface area contributed by atoms with Crippen LogP contribution >= 0.6 is 0 Å². The summed E-state index contributed by atoms with van der Waals surface area (Å²) in [6, 6.07) is 10.0. The van der Waals surface area contributed by atoms with Crippen molar-refractivity contribution in [2.24, 2.45) is 0 Å². The lowest BCUT2D eigenvalue weighted by molar-refractivity contribution is -0.122. The predicted molar refractivity (Wildman–Crippen MR) is 90.5 cm³/mol. The third-order valence-corrected chi connectivity index (χ3v) is 4.22. The molecule has 1 amide bonds. The van der Waals surface area contributed by atoms with E-state index < -0.39 is 0 Å². The minimum Gasteiger partial charge on any atom is -0.351 e. The molecule has 2 aromatic rings. The van der Waals surface area contributed by atoms with Gasteiger partial charge in [-0.15, -0.1) is 0 Å². The molecule has 2 heterocycles. The third kappa shape index (κ3) is 3.62. The third-order valence-electron chi connectivity index (χ3n) is 4.22. The van der Waals surface area contributed by atoms with Crippen LogP contribution in [0.25, 0.3) is 5.69 Å². The summed E-state index contributed by atoms with van der Waals surface area (Å²) in [5.74, 6) is 0.404. The molecule has 5 heteroatoms. The highest BCUT2D eigenvalue weighted by molar-refractivity contribution is 5.82. The van der Waals surface area contributed by atoms with Crippen LogP contribution in [0.5, 0.6) is 0 Å². The number of benzene rings is 1. The number of para-hydroxylation sites is 1. The molecule has 0 bridgehead atoms. The molecule has 1 atom stereocenters. The standard InChI is InChI=1S/C18H24N4O/c1-13(2)17-14(11-20-18(23)16-9-6-10-19-16)12-22(21-17)15-7-4-3-5-8-15/h3-5,7-8,12-13,16,19H,6,9-11H2,1-2H3,(H,20,23). The van der Waals surface area contributed by atoms with Gasteiger partial charge in [-0.25, -0.2) is 4.68 Å². The van der Waals surface area contributed by atoms with Gasteiger partial charge in [-0.1, -0.05) is 32.0 Å². The van der Waals surface area contributed by atoms with E-state index in [-0.39, 0.29) is 11.9 Å². The molecule has 1 unspecified atom stereocenters. The van der Waals surface area contributed by atoms with Gasteiger partial charge in [0.05, 0.1) is 17.4 Å². The highest BCUT2D eigenvalue weighted by Crippen LogP contribution is 2.20. The minimum absolute atomic E-state index is 0.0401. The molecule has 3 rings (SSSR count). The summed E-state index contributed by atoms with van der Waals surface area (Å²) in [7, 11) is 0. The van der Waals surface area contributed by atoms with Crippen LogP contribution in [0, 0.1) is 0 Å². The summed E-state index contributed by atoms with van der Waals surface area (Å²) in [6.07, 6.45) is 4.01. The van der Waals surface area contributed by atoms with Crippen LogP contribution in [-0.2, 0) is 11.3 Å². The maximum Gasteiger partial charge on any atom is 0.237 e. The zero-order chi connectivity index (χ0) is 16.2. The van der Waals surface area contributed by atoms with Crippen molar-refractivity contribution < 1.29 is 4.79 Å². The molecule has 1 saturated heterocycles. The topological polar surface area (TPSA) is 59.0 Å². The van der Waals surface area contributed by atoms with Gasteiger partial charge in [0.25, 0.3) is 0 Å². The number of nitrogens with one attached hydrogen (secondary N) is 2. The molecule has 1 aromatic heterocycles. The number of hydrogen-bond acceptors (Lipinski definition) is 3. The molecule has 0 saturated carbocycles. The Hall–Kier alpha value is -2.14. The van der Waals surface area contributed by atoms with Gasteiger partial charge in [0.1, 0.15) is 0 Å². The monoisotopic (exact) mass is 312 g/mol. The van der Waals surface area contributed by atoms with Crippen LogP contribution in [0.15, 0.2) is 36.5 Å². The predicted octanol–water partition coefficient (Wildman–Crippen LogP) is 2.36. The van der Waals surface area contributed by atoms with Crippen LogP contribution < -0.4 is 10.6 Å². The van der Waals surface area contributed by atoms with Crippen molar-refractivity contribution in [2.45, 2.75) is 45.2 Å². The Morgan fingerprint density at radius 1 is 1.39 bits per heavy atom. The van der Waals surface area contributed by atoms with Crippen molar-refractivity contribution in [3.63, 3.8) is 0 Å². The molecule has 0 aliphatic carbocycles. The van der Waals surface area contributed by atoms with Crippen molar-refractivity contribution in [2.75, 3.05) is 6.54 Å². The lowest BCUT2D eigenvalue weighted by atomic mass is 10.1. The van der Waals surface area contributed by atoms with Crippen molar-refractivity contribution >= 4 is 5.91 Å². The molecule has 1 fully saturated rings. The van der Waals surface area contributed by atoms with Gasteiger partial charge in [0.15, 0.2) is 0 Å². The lowest BCUT2D eigenvalue weighted by Crippen LogP contribution is -2.40. The van der Waals surface area contributed by atoms with Gasteiger partial charge >= 0.3 is 0 Å². The molecular formula is C18H24N4O. The Morgan fingerprint density at radius 3 is 2.83 bits per heavy atom. The fraction of sp³-hybridized carbons (Fsp3) is 0.444. The Balaban J connectivity index is 1.75. The molecular weight excluding hydrogens is 288 g/mol. The second-order valence-corrected chi connectivity index (χ2v) is 6.34. The van der Waals surface area contributed by atoms with Crippen molar-refractivity contribution in [3.8, 4) is 5.69 Å². The van der Waals surface area contributed by atoms with E-state index in [1.807, 2.05) is 41.2 Å². The van der Waals surface area contributed by atoms with Gasteiger partial charge in [-0.2, -0.15) is 5.10 Å². The number of amides is 1. The van der Waals surface area contributed by atoms with Crippen LogP contribution in [-0.4, -0.2) is 28.3 Å². The van der Waals surface area contributed by atoms with Gasteiger partial charge in [-0.3, -0.25) is 4.79 Å². The van der Waals surface area contributed by atoms with Crippen molar-refractivity contribution in [1.29, 1.82) is 0 Å². The van der Waals surface area contributed by atoms with Crippen molar-refractivity contribution in [3.05, 3.63) is 47.8 Å². The van der Waals surface area contributed by atoms with E-state index in [4.69, 9.17) is 5.10 Å².